The number of hydrogen-bond acceptors (Lipinski definition) is 3. The van der Waals surface area contributed by atoms with Gasteiger partial charge in [-0.05, 0) is 56.6 Å². The molecule has 1 unspecified atom stereocenters. The summed E-state index contributed by atoms with van der Waals surface area (Å²) in [5.74, 6) is 0.0784. The molecule has 0 fully saturated rings. The standard InChI is InChI=1S/C14H21N3O.ClH/c1-17(2)9-14(18)16-13-5-3-4-10-8-11(15)6-7-12(10)13;/h6-8,13H,3-5,9,15H2,1-2H3,(H,16,18);1H. The van der Waals surface area contributed by atoms with Crippen LogP contribution in [-0.2, 0) is 11.2 Å². The molecule has 1 amide bonds. The molecule has 2 rings (SSSR count). The number of hydrogen-bond donors (Lipinski definition) is 2. The van der Waals surface area contributed by atoms with Crippen LogP contribution in [0.25, 0.3) is 0 Å². The van der Waals surface area contributed by atoms with E-state index in [9.17, 15) is 4.79 Å². The van der Waals surface area contributed by atoms with Crippen LogP contribution < -0.4 is 11.1 Å². The Morgan fingerprint density at radius 3 is 2.89 bits per heavy atom. The Morgan fingerprint density at radius 1 is 1.47 bits per heavy atom. The highest BCUT2D eigenvalue weighted by Crippen LogP contribution is 2.30. The molecule has 0 aliphatic heterocycles. The van der Waals surface area contributed by atoms with Crippen LogP contribution in [0.3, 0.4) is 0 Å². The molecule has 5 heteroatoms. The Balaban J connectivity index is 0.00000180. The molecule has 1 aromatic carbocycles. The molecule has 4 nitrogen and oxygen atoms in total. The second kappa shape index (κ2) is 6.78. The summed E-state index contributed by atoms with van der Waals surface area (Å²) in [6.07, 6.45) is 3.17. The summed E-state index contributed by atoms with van der Waals surface area (Å²) in [7, 11) is 3.80. The summed E-state index contributed by atoms with van der Waals surface area (Å²) in [5, 5.41) is 3.10. The number of carbonyl (C=O) groups excluding carboxylic acids is 1. The highest BCUT2D eigenvalue weighted by Gasteiger charge is 2.21. The number of nitrogens with zero attached hydrogens (tertiary/aromatic N) is 1. The third-order valence-electron chi connectivity index (χ3n) is 3.28. The van der Waals surface area contributed by atoms with Gasteiger partial charge < -0.3 is 16.0 Å². The van der Waals surface area contributed by atoms with E-state index in [1.807, 2.05) is 37.2 Å². The van der Waals surface area contributed by atoms with Crippen LogP contribution in [0.2, 0.25) is 0 Å². The summed E-state index contributed by atoms with van der Waals surface area (Å²) < 4.78 is 0. The van der Waals surface area contributed by atoms with Gasteiger partial charge in [0, 0.05) is 5.69 Å². The lowest BCUT2D eigenvalue weighted by Gasteiger charge is -2.27. The lowest BCUT2D eigenvalue weighted by atomic mass is 9.87. The number of amides is 1. The van der Waals surface area contributed by atoms with Crippen LogP contribution in [0.1, 0.15) is 30.0 Å². The molecule has 0 heterocycles. The molecule has 1 aromatic rings. The highest BCUT2D eigenvalue weighted by atomic mass is 35.5. The smallest absolute Gasteiger partial charge is 0.234 e. The second-order valence-electron chi connectivity index (χ2n) is 5.21. The summed E-state index contributed by atoms with van der Waals surface area (Å²) >= 11 is 0. The van der Waals surface area contributed by atoms with Crippen LogP contribution in [0, 0.1) is 0 Å². The van der Waals surface area contributed by atoms with Crippen molar-refractivity contribution in [2.75, 3.05) is 26.4 Å². The zero-order valence-corrected chi connectivity index (χ0v) is 12.3. The number of nitrogens with two attached hydrogens (primary N) is 1. The summed E-state index contributed by atoms with van der Waals surface area (Å²) in [6.45, 7) is 0.431. The minimum Gasteiger partial charge on any atom is -0.399 e. The molecule has 1 atom stereocenters. The number of benzene rings is 1. The van der Waals surface area contributed by atoms with Crippen LogP contribution in [0.5, 0.6) is 0 Å². The molecule has 0 radical (unpaired) electrons. The molecule has 0 saturated heterocycles. The molecule has 0 aromatic heterocycles. The predicted octanol–water partition coefficient (Wildman–Crippen LogP) is 1.75. The number of rotatable bonds is 3. The second-order valence-corrected chi connectivity index (χ2v) is 5.21. The first kappa shape index (κ1) is 15.8. The van der Waals surface area contributed by atoms with Crippen LogP contribution in [0.15, 0.2) is 18.2 Å². The topological polar surface area (TPSA) is 58.4 Å². The van der Waals surface area contributed by atoms with Gasteiger partial charge in [-0.25, -0.2) is 0 Å². The fourth-order valence-corrected chi connectivity index (χ4v) is 2.51. The van der Waals surface area contributed by atoms with Crippen molar-refractivity contribution >= 4 is 24.0 Å². The first-order valence-electron chi connectivity index (χ1n) is 6.38. The minimum absolute atomic E-state index is 0. The normalized spacial score (nSPS) is 17.5. The van der Waals surface area contributed by atoms with Gasteiger partial charge in [0.25, 0.3) is 0 Å². The molecular weight excluding hydrogens is 262 g/mol. The monoisotopic (exact) mass is 283 g/mol. The van der Waals surface area contributed by atoms with E-state index < -0.39 is 0 Å². The molecular formula is C14H22ClN3O. The van der Waals surface area contributed by atoms with Crippen molar-refractivity contribution in [3.8, 4) is 0 Å². The SMILES string of the molecule is CN(C)CC(=O)NC1CCCc2cc(N)ccc21.Cl. The summed E-state index contributed by atoms with van der Waals surface area (Å²) in [5.41, 5.74) is 9.10. The number of anilines is 1. The van der Waals surface area contributed by atoms with Gasteiger partial charge >= 0.3 is 0 Å². The van der Waals surface area contributed by atoms with Gasteiger partial charge in [0.05, 0.1) is 12.6 Å². The summed E-state index contributed by atoms with van der Waals surface area (Å²) in [4.78, 5) is 13.7. The molecule has 1 aliphatic rings. The van der Waals surface area contributed by atoms with Gasteiger partial charge in [-0.1, -0.05) is 6.07 Å². The lowest BCUT2D eigenvalue weighted by Crippen LogP contribution is -2.37. The van der Waals surface area contributed by atoms with Gasteiger partial charge in [0.1, 0.15) is 0 Å². The Labute approximate surface area is 120 Å². The number of fused-ring (bicyclic) bond motifs is 1. The van der Waals surface area contributed by atoms with Gasteiger partial charge in [0.15, 0.2) is 0 Å². The average molecular weight is 284 g/mol. The van der Waals surface area contributed by atoms with Crippen LogP contribution >= 0.6 is 12.4 Å². The molecule has 106 valence electrons. The maximum atomic E-state index is 11.8. The summed E-state index contributed by atoms with van der Waals surface area (Å²) in [6, 6.07) is 6.13. The molecule has 0 bridgehead atoms. The first-order chi connectivity index (χ1) is 8.56. The number of halogens is 1. The van der Waals surface area contributed by atoms with Crippen molar-refractivity contribution in [2.24, 2.45) is 0 Å². The van der Waals surface area contributed by atoms with Gasteiger partial charge in [-0.2, -0.15) is 0 Å². The maximum absolute atomic E-state index is 11.8. The zero-order chi connectivity index (χ0) is 13.1. The van der Waals surface area contributed by atoms with Crippen LogP contribution in [-0.4, -0.2) is 31.4 Å². The predicted molar refractivity (Wildman–Crippen MR) is 80.5 cm³/mol. The molecule has 3 N–H and O–H groups in total. The van der Waals surface area contributed by atoms with Crippen molar-refractivity contribution in [3.63, 3.8) is 0 Å². The van der Waals surface area contributed by atoms with Crippen molar-refractivity contribution in [1.29, 1.82) is 0 Å². The largest absolute Gasteiger partial charge is 0.399 e. The van der Waals surface area contributed by atoms with Crippen molar-refractivity contribution in [3.05, 3.63) is 29.3 Å². The van der Waals surface area contributed by atoms with E-state index in [0.29, 0.717) is 6.54 Å². The van der Waals surface area contributed by atoms with Crippen molar-refractivity contribution in [2.45, 2.75) is 25.3 Å². The third-order valence-corrected chi connectivity index (χ3v) is 3.28. The van der Waals surface area contributed by atoms with Gasteiger partial charge in [0.2, 0.25) is 5.91 Å². The van der Waals surface area contributed by atoms with E-state index in [2.05, 4.69) is 5.32 Å². The number of nitrogens with one attached hydrogen (secondary N) is 1. The third kappa shape index (κ3) is 4.11. The molecule has 1 aliphatic carbocycles. The fourth-order valence-electron chi connectivity index (χ4n) is 2.51. The Morgan fingerprint density at radius 2 is 2.21 bits per heavy atom. The Bertz CT molecular complexity index is 448. The number of nitrogen functional groups attached to an aromatic ring is 1. The van der Waals surface area contributed by atoms with Gasteiger partial charge in [-0.3, -0.25) is 4.79 Å². The first-order valence-corrected chi connectivity index (χ1v) is 6.38. The average Bonchev–Trinajstić information content (AvgIpc) is 2.27. The van der Waals surface area contributed by atoms with E-state index in [1.165, 1.54) is 11.1 Å². The quantitative estimate of drug-likeness (QED) is 0.831. The lowest BCUT2D eigenvalue weighted by molar-refractivity contribution is -0.122. The Hall–Kier alpha value is -1.26. The maximum Gasteiger partial charge on any atom is 0.234 e. The van der Waals surface area contributed by atoms with E-state index in [1.54, 1.807) is 0 Å². The molecule has 0 spiro atoms. The Kier molecular flexibility index (Phi) is 5.63. The van der Waals surface area contributed by atoms with Crippen molar-refractivity contribution < 1.29 is 4.79 Å². The fraction of sp³-hybridized carbons (Fsp3) is 0.500. The minimum atomic E-state index is 0. The number of likely N-dealkylation sites (N-methyl/N-ethyl adjacent to an activating group) is 1. The molecule has 0 saturated carbocycles. The van der Waals surface area contributed by atoms with E-state index in [4.69, 9.17) is 5.73 Å². The van der Waals surface area contributed by atoms with Crippen molar-refractivity contribution in [1.82, 2.24) is 10.2 Å². The van der Waals surface area contributed by atoms with E-state index in [0.717, 1.165) is 24.9 Å². The highest BCUT2D eigenvalue weighted by molar-refractivity contribution is 5.85. The number of aryl methyl sites for hydroxylation is 1. The van der Waals surface area contributed by atoms with Gasteiger partial charge in [-0.15, -0.1) is 12.4 Å². The molecule has 19 heavy (non-hydrogen) atoms. The number of carbonyl (C=O) groups is 1. The van der Waals surface area contributed by atoms with E-state index in [-0.39, 0.29) is 24.4 Å². The zero-order valence-electron chi connectivity index (χ0n) is 11.5. The van der Waals surface area contributed by atoms with E-state index >= 15 is 0 Å². The van der Waals surface area contributed by atoms with Crippen LogP contribution in [0.4, 0.5) is 5.69 Å².